The predicted molar refractivity (Wildman–Crippen MR) is 65.9 cm³/mol. The monoisotopic (exact) mass is 238 g/mol. The molecule has 1 aliphatic rings. The van der Waals surface area contributed by atoms with Gasteiger partial charge in [0.25, 0.3) is 0 Å². The van der Waals surface area contributed by atoms with Crippen molar-refractivity contribution in [1.82, 2.24) is 10.3 Å². The number of aromatic nitrogens is 1. The highest BCUT2D eigenvalue weighted by atomic mass is 16.5. The van der Waals surface area contributed by atoms with Crippen LogP contribution in [0, 0.1) is 13.8 Å². The maximum Gasteiger partial charge on any atom is 0.208 e. The van der Waals surface area contributed by atoms with Gasteiger partial charge in [-0.3, -0.25) is 0 Å². The third kappa shape index (κ3) is 3.30. The lowest BCUT2D eigenvalue weighted by Crippen LogP contribution is -2.36. The molecule has 1 fully saturated rings. The molecule has 17 heavy (non-hydrogen) atoms. The van der Waals surface area contributed by atoms with Crippen molar-refractivity contribution < 1.29 is 9.15 Å². The summed E-state index contributed by atoms with van der Waals surface area (Å²) in [7, 11) is 1.80. The second kappa shape index (κ2) is 5.65. The zero-order chi connectivity index (χ0) is 12.3. The summed E-state index contributed by atoms with van der Waals surface area (Å²) in [4.78, 5) is 4.37. The number of rotatable bonds is 4. The van der Waals surface area contributed by atoms with Gasteiger partial charge in [-0.1, -0.05) is 0 Å². The Hall–Kier alpha value is -0.870. The van der Waals surface area contributed by atoms with Crippen LogP contribution in [-0.4, -0.2) is 24.2 Å². The first kappa shape index (κ1) is 12.6. The third-order valence-electron chi connectivity index (χ3n) is 3.57. The number of ether oxygens (including phenoxy) is 1. The molecule has 0 spiro atoms. The molecule has 1 aliphatic carbocycles. The van der Waals surface area contributed by atoms with Crippen molar-refractivity contribution in [3.8, 4) is 0 Å². The van der Waals surface area contributed by atoms with E-state index in [0.717, 1.165) is 30.3 Å². The zero-order valence-electron chi connectivity index (χ0n) is 11.0. The normalized spacial score (nSPS) is 25.1. The van der Waals surface area contributed by atoms with E-state index in [1.807, 2.05) is 13.8 Å². The fourth-order valence-corrected chi connectivity index (χ4v) is 2.39. The van der Waals surface area contributed by atoms with Crippen LogP contribution in [0.15, 0.2) is 4.42 Å². The number of nitrogens with one attached hydrogen (secondary N) is 1. The van der Waals surface area contributed by atoms with Crippen LogP contribution in [0.1, 0.15) is 43.0 Å². The first-order valence-corrected chi connectivity index (χ1v) is 6.38. The lowest BCUT2D eigenvalue weighted by atomic mass is 9.93. The van der Waals surface area contributed by atoms with E-state index in [1.165, 1.54) is 19.3 Å². The Morgan fingerprint density at radius 3 is 2.88 bits per heavy atom. The fraction of sp³-hybridized carbons (Fsp3) is 0.769. The second-order valence-corrected chi connectivity index (χ2v) is 4.85. The largest absolute Gasteiger partial charge is 0.444 e. The quantitative estimate of drug-likeness (QED) is 0.874. The van der Waals surface area contributed by atoms with Crippen molar-refractivity contribution in [2.45, 2.75) is 58.2 Å². The molecule has 0 bridgehead atoms. The Morgan fingerprint density at radius 1 is 1.41 bits per heavy atom. The Morgan fingerprint density at radius 2 is 2.24 bits per heavy atom. The van der Waals surface area contributed by atoms with E-state index in [0.29, 0.717) is 12.1 Å². The molecule has 2 rings (SSSR count). The highest BCUT2D eigenvalue weighted by Gasteiger charge is 2.21. The van der Waals surface area contributed by atoms with Crippen LogP contribution in [-0.2, 0) is 11.3 Å². The number of nitrogens with zero attached hydrogens (tertiary/aromatic N) is 1. The summed E-state index contributed by atoms with van der Waals surface area (Å²) < 4.78 is 11.0. The molecule has 0 aromatic carbocycles. The summed E-state index contributed by atoms with van der Waals surface area (Å²) in [5.74, 6) is 1.71. The van der Waals surface area contributed by atoms with E-state index < -0.39 is 0 Å². The van der Waals surface area contributed by atoms with Crippen LogP contribution in [0.5, 0.6) is 0 Å². The molecular weight excluding hydrogens is 216 g/mol. The van der Waals surface area contributed by atoms with E-state index in [1.54, 1.807) is 7.11 Å². The Labute approximate surface area is 103 Å². The van der Waals surface area contributed by atoms with Gasteiger partial charge in [-0.2, -0.15) is 0 Å². The molecule has 1 aromatic heterocycles. The molecule has 0 amide bonds. The van der Waals surface area contributed by atoms with Crippen molar-refractivity contribution in [2.75, 3.05) is 7.11 Å². The summed E-state index contributed by atoms with van der Waals surface area (Å²) in [6.45, 7) is 4.65. The molecule has 0 radical (unpaired) electrons. The molecule has 2 atom stereocenters. The highest BCUT2D eigenvalue weighted by molar-refractivity contribution is 5.05. The Balaban J connectivity index is 1.81. The maximum atomic E-state index is 5.55. The van der Waals surface area contributed by atoms with Crippen LogP contribution in [0.3, 0.4) is 0 Å². The standard InChI is InChI=1S/C13H22N2O2/c1-9-10(2)17-13(15-9)8-14-11-5-4-6-12(7-11)16-3/h11-12,14H,4-8H2,1-3H3. The summed E-state index contributed by atoms with van der Waals surface area (Å²) >= 11 is 0. The first-order chi connectivity index (χ1) is 8.19. The molecule has 1 aromatic rings. The van der Waals surface area contributed by atoms with Gasteiger partial charge in [0.1, 0.15) is 5.76 Å². The number of hydrogen-bond acceptors (Lipinski definition) is 4. The van der Waals surface area contributed by atoms with Crippen molar-refractivity contribution in [2.24, 2.45) is 0 Å². The van der Waals surface area contributed by atoms with Gasteiger partial charge in [-0.15, -0.1) is 0 Å². The highest BCUT2D eigenvalue weighted by Crippen LogP contribution is 2.21. The van der Waals surface area contributed by atoms with Gasteiger partial charge in [0.15, 0.2) is 0 Å². The molecule has 4 nitrogen and oxygen atoms in total. The molecule has 0 saturated heterocycles. The van der Waals surface area contributed by atoms with Crippen molar-refractivity contribution in [1.29, 1.82) is 0 Å². The lowest BCUT2D eigenvalue weighted by molar-refractivity contribution is 0.0582. The lowest BCUT2D eigenvalue weighted by Gasteiger charge is -2.28. The summed E-state index contributed by atoms with van der Waals surface area (Å²) in [5, 5.41) is 3.51. The van der Waals surface area contributed by atoms with E-state index in [-0.39, 0.29) is 0 Å². The van der Waals surface area contributed by atoms with E-state index in [4.69, 9.17) is 9.15 Å². The average Bonchev–Trinajstić information content (AvgIpc) is 2.67. The number of hydrogen-bond donors (Lipinski definition) is 1. The molecule has 1 saturated carbocycles. The van der Waals surface area contributed by atoms with E-state index in [9.17, 15) is 0 Å². The summed E-state index contributed by atoms with van der Waals surface area (Å²) in [6.07, 6.45) is 5.15. The van der Waals surface area contributed by atoms with Gasteiger partial charge >= 0.3 is 0 Å². The average molecular weight is 238 g/mol. The molecule has 0 aliphatic heterocycles. The van der Waals surface area contributed by atoms with Gasteiger partial charge in [0.2, 0.25) is 5.89 Å². The minimum Gasteiger partial charge on any atom is -0.444 e. The van der Waals surface area contributed by atoms with E-state index in [2.05, 4.69) is 10.3 Å². The van der Waals surface area contributed by atoms with Crippen LogP contribution >= 0.6 is 0 Å². The number of aryl methyl sites for hydroxylation is 2. The topological polar surface area (TPSA) is 47.3 Å². The molecular formula is C13H22N2O2. The summed E-state index contributed by atoms with van der Waals surface area (Å²) in [6, 6.07) is 0.529. The van der Waals surface area contributed by atoms with Crippen molar-refractivity contribution in [3.05, 3.63) is 17.3 Å². The van der Waals surface area contributed by atoms with Crippen LogP contribution in [0.25, 0.3) is 0 Å². The van der Waals surface area contributed by atoms with Gasteiger partial charge in [0, 0.05) is 13.2 Å². The van der Waals surface area contributed by atoms with Crippen molar-refractivity contribution in [3.63, 3.8) is 0 Å². The minimum atomic E-state index is 0.411. The molecule has 1 N–H and O–H groups in total. The van der Waals surface area contributed by atoms with Crippen LogP contribution < -0.4 is 5.32 Å². The third-order valence-corrected chi connectivity index (χ3v) is 3.57. The van der Waals surface area contributed by atoms with Gasteiger partial charge < -0.3 is 14.5 Å². The molecule has 1 heterocycles. The fourth-order valence-electron chi connectivity index (χ4n) is 2.39. The number of oxazole rings is 1. The van der Waals surface area contributed by atoms with Crippen LogP contribution in [0.4, 0.5) is 0 Å². The smallest absolute Gasteiger partial charge is 0.208 e. The molecule has 96 valence electrons. The molecule has 4 heteroatoms. The van der Waals surface area contributed by atoms with E-state index >= 15 is 0 Å². The van der Waals surface area contributed by atoms with Gasteiger partial charge in [0.05, 0.1) is 18.3 Å². The molecule has 2 unspecified atom stereocenters. The number of methoxy groups -OCH3 is 1. The van der Waals surface area contributed by atoms with Crippen molar-refractivity contribution >= 4 is 0 Å². The maximum absolute atomic E-state index is 5.55. The van der Waals surface area contributed by atoms with Gasteiger partial charge in [-0.05, 0) is 39.5 Å². The van der Waals surface area contributed by atoms with Crippen LogP contribution in [0.2, 0.25) is 0 Å². The summed E-state index contributed by atoms with van der Waals surface area (Å²) in [5.41, 5.74) is 0.986. The first-order valence-electron chi connectivity index (χ1n) is 6.38. The Bertz CT molecular complexity index is 343. The second-order valence-electron chi connectivity index (χ2n) is 4.85. The predicted octanol–water partition coefficient (Wildman–Crippen LogP) is 2.34. The SMILES string of the molecule is COC1CCCC(NCc2nc(C)c(C)o2)C1. The van der Waals surface area contributed by atoms with Gasteiger partial charge in [-0.25, -0.2) is 4.98 Å². The minimum absolute atomic E-state index is 0.411. The Kier molecular flexibility index (Phi) is 4.18. The zero-order valence-corrected chi connectivity index (χ0v) is 11.0.